The van der Waals surface area contributed by atoms with Crippen LogP contribution in [0.4, 0.5) is 5.82 Å². The van der Waals surface area contributed by atoms with Crippen LogP contribution in [0.3, 0.4) is 0 Å². The number of rotatable bonds is 6. The molecule has 0 amide bonds. The van der Waals surface area contributed by atoms with Crippen LogP contribution in [0.2, 0.25) is 0 Å². The number of ether oxygens (including phenoxy) is 1. The zero-order valence-corrected chi connectivity index (χ0v) is 16.1. The third kappa shape index (κ3) is 3.84. The second-order valence-corrected chi connectivity index (χ2v) is 7.00. The van der Waals surface area contributed by atoms with Crippen molar-refractivity contribution < 1.29 is 4.74 Å². The summed E-state index contributed by atoms with van der Waals surface area (Å²) in [4.78, 5) is 8.85. The van der Waals surface area contributed by atoms with Crippen LogP contribution in [-0.4, -0.2) is 32.4 Å². The largest absolute Gasteiger partial charge is 0.497 e. The standard InChI is InChI=1S/C21H19N5OS/c1-27-17-11-9-16(10-12-17)18-14-23-20-24-21(25-26(20)19(18)22)28-13-5-8-15-6-3-2-4-7-15/h2-12,14H,13,22H2,1H3/b8-5+. The monoisotopic (exact) mass is 389 g/mol. The molecule has 0 aliphatic carbocycles. The van der Waals surface area contributed by atoms with E-state index in [0.29, 0.717) is 16.8 Å². The van der Waals surface area contributed by atoms with Crippen molar-refractivity contribution in [3.63, 3.8) is 0 Å². The molecule has 2 aromatic heterocycles. The highest BCUT2D eigenvalue weighted by molar-refractivity contribution is 7.99. The fraction of sp³-hybridized carbons (Fsp3) is 0.0952. The van der Waals surface area contributed by atoms with Gasteiger partial charge in [0, 0.05) is 17.5 Å². The molecule has 0 unspecified atom stereocenters. The van der Waals surface area contributed by atoms with Crippen molar-refractivity contribution in [3.8, 4) is 16.9 Å². The Kier molecular flexibility index (Phi) is 5.25. The molecular formula is C21H19N5OS. The maximum atomic E-state index is 6.33. The molecule has 2 aromatic carbocycles. The molecule has 0 saturated heterocycles. The maximum Gasteiger partial charge on any atom is 0.255 e. The molecule has 2 N–H and O–H groups in total. The Morgan fingerprint density at radius 1 is 1.11 bits per heavy atom. The summed E-state index contributed by atoms with van der Waals surface area (Å²) in [5, 5.41) is 5.14. The number of fused-ring (bicyclic) bond motifs is 1. The lowest BCUT2D eigenvalue weighted by Gasteiger charge is -2.07. The SMILES string of the molecule is COc1ccc(-c2cnc3nc(SC/C=C/c4ccccc4)nn3c2N)cc1. The third-order valence-corrected chi connectivity index (χ3v) is 4.99. The van der Waals surface area contributed by atoms with Crippen molar-refractivity contribution >= 4 is 29.4 Å². The van der Waals surface area contributed by atoms with Crippen LogP contribution >= 0.6 is 11.8 Å². The zero-order chi connectivity index (χ0) is 19.3. The van der Waals surface area contributed by atoms with Crippen molar-refractivity contribution in [1.29, 1.82) is 0 Å². The minimum atomic E-state index is 0.490. The van der Waals surface area contributed by atoms with E-state index in [9.17, 15) is 0 Å². The van der Waals surface area contributed by atoms with Gasteiger partial charge in [-0.3, -0.25) is 0 Å². The van der Waals surface area contributed by atoms with Crippen LogP contribution in [-0.2, 0) is 0 Å². The van der Waals surface area contributed by atoms with E-state index in [4.69, 9.17) is 10.5 Å². The van der Waals surface area contributed by atoms with E-state index in [1.165, 1.54) is 17.3 Å². The average Bonchev–Trinajstić information content (AvgIpc) is 3.16. The Labute approximate surface area is 167 Å². The molecule has 28 heavy (non-hydrogen) atoms. The Hall–Kier alpha value is -3.32. The van der Waals surface area contributed by atoms with Gasteiger partial charge in [-0.25, -0.2) is 4.98 Å². The predicted octanol–water partition coefficient (Wildman–Crippen LogP) is 4.19. The highest BCUT2D eigenvalue weighted by Crippen LogP contribution is 2.27. The highest BCUT2D eigenvalue weighted by Gasteiger charge is 2.12. The number of methoxy groups -OCH3 is 1. The van der Waals surface area contributed by atoms with Crippen molar-refractivity contribution in [2.75, 3.05) is 18.6 Å². The summed E-state index contributed by atoms with van der Waals surface area (Å²) < 4.78 is 6.79. The van der Waals surface area contributed by atoms with Gasteiger partial charge in [-0.05, 0) is 23.3 Å². The molecule has 6 nitrogen and oxygen atoms in total. The Morgan fingerprint density at radius 3 is 2.64 bits per heavy atom. The van der Waals surface area contributed by atoms with Gasteiger partial charge >= 0.3 is 0 Å². The summed E-state index contributed by atoms with van der Waals surface area (Å²) in [6, 6.07) is 17.8. The van der Waals surface area contributed by atoms with Crippen LogP contribution < -0.4 is 10.5 Å². The van der Waals surface area contributed by atoms with Crippen molar-refractivity contribution in [2.45, 2.75) is 5.16 Å². The summed E-state index contributed by atoms with van der Waals surface area (Å²) >= 11 is 1.54. The Bertz CT molecular complexity index is 1110. The van der Waals surface area contributed by atoms with E-state index in [-0.39, 0.29) is 0 Å². The fourth-order valence-electron chi connectivity index (χ4n) is 2.76. The summed E-state index contributed by atoms with van der Waals surface area (Å²) in [6.45, 7) is 0. The van der Waals surface area contributed by atoms with Crippen molar-refractivity contribution in [2.24, 2.45) is 0 Å². The summed E-state index contributed by atoms with van der Waals surface area (Å²) in [7, 11) is 1.64. The van der Waals surface area contributed by atoms with E-state index in [0.717, 1.165) is 22.6 Å². The first-order valence-corrected chi connectivity index (χ1v) is 9.73. The predicted molar refractivity (Wildman–Crippen MR) is 113 cm³/mol. The molecule has 0 aliphatic heterocycles. The average molecular weight is 389 g/mol. The number of thioether (sulfide) groups is 1. The number of aromatic nitrogens is 4. The molecule has 2 heterocycles. The lowest BCUT2D eigenvalue weighted by Crippen LogP contribution is -2.02. The molecule has 0 atom stereocenters. The van der Waals surface area contributed by atoms with Crippen LogP contribution in [0.1, 0.15) is 5.56 Å². The number of benzene rings is 2. The van der Waals surface area contributed by atoms with Crippen LogP contribution in [0.15, 0.2) is 72.0 Å². The van der Waals surface area contributed by atoms with E-state index in [2.05, 4.69) is 39.4 Å². The van der Waals surface area contributed by atoms with Gasteiger partial charge in [0.2, 0.25) is 5.16 Å². The highest BCUT2D eigenvalue weighted by atomic mass is 32.2. The first-order valence-electron chi connectivity index (χ1n) is 8.74. The first kappa shape index (κ1) is 18.1. The van der Waals surface area contributed by atoms with E-state index < -0.39 is 0 Å². The van der Waals surface area contributed by atoms with Gasteiger partial charge in [0.15, 0.2) is 0 Å². The quantitative estimate of drug-likeness (QED) is 0.498. The lowest BCUT2D eigenvalue weighted by atomic mass is 10.1. The Balaban J connectivity index is 1.52. The van der Waals surface area contributed by atoms with Gasteiger partial charge in [0.25, 0.3) is 5.78 Å². The van der Waals surface area contributed by atoms with E-state index >= 15 is 0 Å². The molecule has 0 aliphatic rings. The molecular weight excluding hydrogens is 370 g/mol. The molecule has 4 rings (SSSR count). The molecule has 0 bridgehead atoms. The normalized spacial score (nSPS) is 11.3. The van der Waals surface area contributed by atoms with Gasteiger partial charge in [0.05, 0.1) is 7.11 Å². The van der Waals surface area contributed by atoms with Crippen molar-refractivity contribution in [3.05, 3.63) is 72.4 Å². The van der Waals surface area contributed by atoms with Gasteiger partial charge in [-0.2, -0.15) is 9.50 Å². The molecule has 4 aromatic rings. The third-order valence-electron chi connectivity index (χ3n) is 4.20. The van der Waals surface area contributed by atoms with E-state index in [1.807, 2.05) is 42.5 Å². The number of nitrogen functional groups attached to an aromatic ring is 1. The second-order valence-electron chi connectivity index (χ2n) is 6.02. The topological polar surface area (TPSA) is 78.3 Å². The lowest BCUT2D eigenvalue weighted by molar-refractivity contribution is 0.415. The number of nitrogens with two attached hydrogens (primary N) is 1. The molecule has 0 fully saturated rings. The number of nitrogens with zero attached hydrogens (tertiary/aromatic N) is 4. The van der Waals surface area contributed by atoms with Crippen LogP contribution in [0.25, 0.3) is 23.0 Å². The maximum absolute atomic E-state index is 6.33. The number of anilines is 1. The number of hydrogen-bond acceptors (Lipinski definition) is 6. The summed E-state index contributed by atoms with van der Waals surface area (Å²) in [5.74, 6) is 2.55. The van der Waals surface area contributed by atoms with Gasteiger partial charge in [0.1, 0.15) is 11.6 Å². The van der Waals surface area contributed by atoms with E-state index in [1.54, 1.807) is 17.8 Å². The number of hydrogen-bond donors (Lipinski definition) is 1. The molecule has 0 saturated carbocycles. The van der Waals surface area contributed by atoms with Gasteiger partial charge < -0.3 is 10.5 Å². The second kappa shape index (κ2) is 8.14. The smallest absolute Gasteiger partial charge is 0.255 e. The Morgan fingerprint density at radius 2 is 1.89 bits per heavy atom. The minimum absolute atomic E-state index is 0.490. The molecule has 7 heteroatoms. The summed E-state index contributed by atoms with van der Waals surface area (Å²) in [6.07, 6.45) is 5.90. The summed E-state index contributed by atoms with van der Waals surface area (Å²) in [5.41, 5.74) is 9.25. The minimum Gasteiger partial charge on any atom is -0.497 e. The molecule has 140 valence electrons. The fourth-order valence-corrected chi connectivity index (χ4v) is 3.39. The van der Waals surface area contributed by atoms with Crippen LogP contribution in [0.5, 0.6) is 5.75 Å². The molecule has 0 radical (unpaired) electrons. The zero-order valence-electron chi connectivity index (χ0n) is 15.3. The van der Waals surface area contributed by atoms with Crippen LogP contribution in [0, 0.1) is 0 Å². The first-order chi connectivity index (χ1) is 13.7. The van der Waals surface area contributed by atoms with Gasteiger partial charge in [-0.15, -0.1) is 5.10 Å². The molecule has 0 spiro atoms. The van der Waals surface area contributed by atoms with Crippen molar-refractivity contribution in [1.82, 2.24) is 19.6 Å². The van der Waals surface area contributed by atoms with Gasteiger partial charge in [-0.1, -0.05) is 66.4 Å².